The van der Waals surface area contributed by atoms with Crippen LogP contribution in [0.4, 0.5) is 0 Å². The van der Waals surface area contributed by atoms with Crippen LogP contribution in [0.2, 0.25) is 0 Å². The highest BCUT2D eigenvalue weighted by molar-refractivity contribution is 5.99. The number of carbonyl (C=O) groups is 1. The van der Waals surface area contributed by atoms with Crippen molar-refractivity contribution in [1.29, 1.82) is 0 Å². The number of rotatable bonds is 6. The lowest BCUT2D eigenvalue weighted by molar-refractivity contribution is 0.0946. The van der Waals surface area contributed by atoms with Gasteiger partial charge in [-0.05, 0) is 24.3 Å². The minimum absolute atomic E-state index is 0.115. The number of ether oxygens (including phenoxy) is 2. The van der Waals surface area contributed by atoms with E-state index in [2.05, 4.69) is 5.32 Å². The maximum atomic E-state index is 12.6. The number of hydrogen-bond acceptors (Lipinski definition) is 4. The first-order chi connectivity index (χ1) is 12.6. The summed E-state index contributed by atoms with van der Waals surface area (Å²) in [4.78, 5) is 25.0. The van der Waals surface area contributed by atoms with Crippen molar-refractivity contribution >= 4 is 16.9 Å². The summed E-state index contributed by atoms with van der Waals surface area (Å²) in [6.45, 7) is 0.664. The Hall–Kier alpha value is -3.22. The highest BCUT2D eigenvalue weighted by atomic mass is 16.5. The summed E-state index contributed by atoms with van der Waals surface area (Å²) in [5.74, 6) is 0.556. The number of aromatic nitrogens is 2. The van der Waals surface area contributed by atoms with Gasteiger partial charge in [-0.15, -0.1) is 0 Å². The molecule has 0 fully saturated rings. The molecule has 7 heteroatoms. The third-order valence-corrected chi connectivity index (χ3v) is 4.33. The SMILES string of the molecule is COc1cccc(OC)c1C(=O)NCCn1c(=O)n(C)c2ccccc21. The summed E-state index contributed by atoms with van der Waals surface area (Å²) in [5.41, 5.74) is 1.91. The maximum absolute atomic E-state index is 12.6. The minimum Gasteiger partial charge on any atom is -0.496 e. The molecule has 1 N–H and O–H groups in total. The van der Waals surface area contributed by atoms with Gasteiger partial charge in [0, 0.05) is 20.1 Å². The Labute approximate surface area is 150 Å². The van der Waals surface area contributed by atoms with Crippen LogP contribution in [0.5, 0.6) is 11.5 Å². The maximum Gasteiger partial charge on any atom is 0.328 e. The number of imidazole rings is 1. The fourth-order valence-electron chi connectivity index (χ4n) is 3.02. The van der Waals surface area contributed by atoms with Gasteiger partial charge in [0.1, 0.15) is 17.1 Å². The number of nitrogens with zero attached hydrogens (tertiary/aromatic N) is 2. The second kappa shape index (κ2) is 7.35. The lowest BCUT2D eigenvalue weighted by atomic mass is 10.1. The predicted molar refractivity (Wildman–Crippen MR) is 99.1 cm³/mol. The molecule has 0 radical (unpaired) electrons. The minimum atomic E-state index is -0.312. The van der Waals surface area contributed by atoms with Crippen molar-refractivity contribution in [1.82, 2.24) is 14.5 Å². The van der Waals surface area contributed by atoms with Crippen LogP contribution >= 0.6 is 0 Å². The molecule has 0 aliphatic rings. The first-order valence-corrected chi connectivity index (χ1v) is 8.22. The molecule has 2 aromatic carbocycles. The Balaban J connectivity index is 1.79. The van der Waals surface area contributed by atoms with E-state index in [1.54, 1.807) is 34.4 Å². The first-order valence-electron chi connectivity index (χ1n) is 8.22. The number of para-hydroxylation sites is 2. The molecular formula is C19H21N3O4. The smallest absolute Gasteiger partial charge is 0.328 e. The summed E-state index contributed by atoms with van der Waals surface area (Å²) in [5, 5.41) is 2.83. The molecule has 0 aliphatic carbocycles. The van der Waals surface area contributed by atoms with Crippen molar-refractivity contribution in [3.63, 3.8) is 0 Å². The fraction of sp³-hybridized carbons (Fsp3) is 0.263. The van der Waals surface area contributed by atoms with Crippen LogP contribution in [0, 0.1) is 0 Å². The van der Waals surface area contributed by atoms with Crippen LogP contribution in [0.3, 0.4) is 0 Å². The highest BCUT2D eigenvalue weighted by Gasteiger charge is 2.18. The molecule has 26 heavy (non-hydrogen) atoms. The van der Waals surface area contributed by atoms with Crippen molar-refractivity contribution in [3.05, 3.63) is 58.5 Å². The van der Waals surface area contributed by atoms with E-state index in [-0.39, 0.29) is 11.6 Å². The van der Waals surface area contributed by atoms with E-state index in [1.165, 1.54) is 14.2 Å². The molecule has 0 saturated heterocycles. The lowest BCUT2D eigenvalue weighted by Crippen LogP contribution is -2.31. The topological polar surface area (TPSA) is 74.5 Å². The number of methoxy groups -OCH3 is 2. The van der Waals surface area contributed by atoms with Gasteiger partial charge in [-0.1, -0.05) is 18.2 Å². The van der Waals surface area contributed by atoms with Gasteiger partial charge in [0.05, 0.1) is 25.3 Å². The van der Waals surface area contributed by atoms with Gasteiger partial charge in [-0.2, -0.15) is 0 Å². The van der Waals surface area contributed by atoms with E-state index in [4.69, 9.17) is 9.47 Å². The molecule has 1 aromatic heterocycles. The number of hydrogen-bond donors (Lipinski definition) is 1. The molecule has 0 saturated carbocycles. The van der Waals surface area contributed by atoms with Gasteiger partial charge in [0.25, 0.3) is 5.91 Å². The number of aryl methyl sites for hydroxylation is 1. The van der Waals surface area contributed by atoms with Crippen molar-refractivity contribution in [2.75, 3.05) is 20.8 Å². The van der Waals surface area contributed by atoms with Crippen LogP contribution in [0.1, 0.15) is 10.4 Å². The average molecular weight is 355 g/mol. The zero-order chi connectivity index (χ0) is 18.7. The summed E-state index contributed by atoms with van der Waals surface area (Å²) >= 11 is 0. The Morgan fingerprint density at radius 2 is 1.62 bits per heavy atom. The van der Waals surface area contributed by atoms with E-state index >= 15 is 0 Å². The van der Waals surface area contributed by atoms with E-state index < -0.39 is 0 Å². The van der Waals surface area contributed by atoms with Crippen LogP contribution in [-0.2, 0) is 13.6 Å². The van der Waals surface area contributed by atoms with E-state index in [9.17, 15) is 9.59 Å². The monoisotopic (exact) mass is 355 g/mol. The Morgan fingerprint density at radius 3 is 2.23 bits per heavy atom. The Bertz CT molecular complexity index is 981. The molecule has 0 atom stereocenters. The number of fused-ring (bicyclic) bond motifs is 1. The molecular weight excluding hydrogens is 334 g/mol. The van der Waals surface area contributed by atoms with Crippen LogP contribution in [-0.4, -0.2) is 35.8 Å². The Morgan fingerprint density at radius 1 is 1.00 bits per heavy atom. The molecule has 0 bridgehead atoms. The normalized spacial score (nSPS) is 10.7. The van der Waals surface area contributed by atoms with Crippen molar-refractivity contribution in [2.24, 2.45) is 7.05 Å². The zero-order valence-corrected chi connectivity index (χ0v) is 15.0. The van der Waals surface area contributed by atoms with E-state index in [0.29, 0.717) is 30.2 Å². The molecule has 3 aromatic rings. The summed E-state index contributed by atoms with van der Waals surface area (Å²) in [6, 6.07) is 12.7. The van der Waals surface area contributed by atoms with E-state index in [1.807, 2.05) is 24.3 Å². The van der Waals surface area contributed by atoms with Crippen LogP contribution < -0.4 is 20.5 Å². The fourth-order valence-corrected chi connectivity index (χ4v) is 3.02. The van der Waals surface area contributed by atoms with Crippen molar-refractivity contribution < 1.29 is 14.3 Å². The number of carbonyl (C=O) groups excluding carboxylic acids is 1. The van der Waals surface area contributed by atoms with Gasteiger partial charge in [0.15, 0.2) is 0 Å². The third-order valence-electron chi connectivity index (χ3n) is 4.33. The molecule has 1 amide bonds. The molecule has 0 unspecified atom stereocenters. The van der Waals surface area contributed by atoms with Gasteiger partial charge in [-0.3, -0.25) is 13.9 Å². The van der Waals surface area contributed by atoms with E-state index in [0.717, 1.165) is 11.0 Å². The van der Waals surface area contributed by atoms with Gasteiger partial charge >= 0.3 is 5.69 Å². The predicted octanol–water partition coefficient (Wildman–Crippen LogP) is 1.79. The molecule has 3 rings (SSSR count). The van der Waals surface area contributed by atoms with Gasteiger partial charge < -0.3 is 14.8 Å². The molecule has 1 heterocycles. The lowest BCUT2D eigenvalue weighted by Gasteiger charge is -2.13. The Kier molecular flexibility index (Phi) is 4.97. The second-order valence-corrected chi connectivity index (χ2v) is 5.78. The van der Waals surface area contributed by atoms with Gasteiger partial charge in [-0.25, -0.2) is 4.79 Å². The quantitative estimate of drug-likeness (QED) is 0.732. The summed E-state index contributed by atoms with van der Waals surface area (Å²) in [6.07, 6.45) is 0. The molecule has 7 nitrogen and oxygen atoms in total. The van der Waals surface area contributed by atoms with Gasteiger partial charge in [0.2, 0.25) is 0 Å². The summed E-state index contributed by atoms with van der Waals surface area (Å²) in [7, 11) is 4.74. The zero-order valence-electron chi connectivity index (χ0n) is 15.0. The third kappa shape index (κ3) is 3.03. The second-order valence-electron chi connectivity index (χ2n) is 5.78. The largest absolute Gasteiger partial charge is 0.496 e. The number of nitrogens with one attached hydrogen (secondary N) is 1. The van der Waals surface area contributed by atoms with Crippen molar-refractivity contribution in [3.8, 4) is 11.5 Å². The average Bonchev–Trinajstić information content (AvgIpc) is 2.92. The standard InChI is InChI=1S/C19H21N3O4/c1-21-13-7-4-5-8-14(13)22(19(21)24)12-11-20-18(23)17-15(25-2)9-6-10-16(17)26-3/h4-10H,11-12H2,1-3H3,(H,20,23). The molecule has 136 valence electrons. The number of amides is 1. The molecule has 0 spiro atoms. The molecule has 0 aliphatic heterocycles. The van der Waals surface area contributed by atoms with Crippen molar-refractivity contribution in [2.45, 2.75) is 6.54 Å². The number of benzene rings is 2. The summed E-state index contributed by atoms with van der Waals surface area (Å²) < 4.78 is 13.8. The van der Waals surface area contributed by atoms with Crippen LogP contribution in [0.25, 0.3) is 11.0 Å². The first kappa shape index (κ1) is 17.6. The highest BCUT2D eigenvalue weighted by Crippen LogP contribution is 2.27. The van der Waals surface area contributed by atoms with Crippen LogP contribution in [0.15, 0.2) is 47.3 Å².